The average Bonchev–Trinajstić information content (AvgIpc) is 3.26. The summed E-state index contributed by atoms with van der Waals surface area (Å²) in [6, 6.07) is 26.8. The van der Waals surface area contributed by atoms with Crippen LogP contribution in [0.2, 0.25) is 0 Å². The molecule has 1 atom stereocenters. The molecule has 186 valence electrons. The molecule has 0 bridgehead atoms. The summed E-state index contributed by atoms with van der Waals surface area (Å²) in [6.07, 6.45) is 1.02. The van der Waals surface area contributed by atoms with Crippen molar-refractivity contribution < 1.29 is 23.4 Å². The third kappa shape index (κ3) is 6.33. The third-order valence-electron chi connectivity index (χ3n) is 5.78. The minimum atomic E-state index is -1.15. The van der Waals surface area contributed by atoms with Gasteiger partial charge in [0, 0.05) is 18.4 Å². The van der Waals surface area contributed by atoms with Crippen molar-refractivity contribution in [2.75, 3.05) is 13.2 Å². The quantitative estimate of drug-likeness (QED) is 0.235. The summed E-state index contributed by atoms with van der Waals surface area (Å²) >= 11 is 0. The fraction of sp³-hybridized carbons (Fsp3) is 0.267. The molecule has 6 nitrogen and oxygen atoms in total. The molecule has 4 aromatic rings. The smallest absolute Gasteiger partial charge is 0.350 e. The van der Waals surface area contributed by atoms with Crippen LogP contribution in [-0.2, 0) is 22.4 Å². The Labute approximate surface area is 211 Å². The molecule has 0 saturated heterocycles. The van der Waals surface area contributed by atoms with E-state index in [0.29, 0.717) is 36.8 Å². The Kier molecular flexibility index (Phi) is 8.06. The molecule has 0 radical (unpaired) electrons. The first-order valence-electron chi connectivity index (χ1n) is 12.1. The van der Waals surface area contributed by atoms with Gasteiger partial charge >= 0.3 is 5.97 Å². The number of hydrogen-bond acceptors (Lipinski definition) is 6. The van der Waals surface area contributed by atoms with Gasteiger partial charge in [-0.15, -0.1) is 0 Å². The highest BCUT2D eigenvalue weighted by Gasteiger charge is 2.37. The molecule has 4 rings (SSSR count). The van der Waals surface area contributed by atoms with E-state index in [9.17, 15) is 4.79 Å². The number of ether oxygens (including phenoxy) is 3. The van der Waals surface area contributed by atoms with Crippen LogP contribution in [0.15, 0.2) is 89.3 Å². The minimum absolute atomic E-state index is 0.289. The van der Waals surface area contributed by atoms with E-state index in [1.807, 2.05) is 79.7 Å². The largest absolute Gasteiger partial charge is 0.493 e. The standard InChI is InChI=1S/C30H31NO5/c1-4-33-29(32)30(3,21-23-11-7-5-8-12-23)36-26-17-15-25(16-18-26)34-20-19-27-22(2)35-28(31-27)24-13-9-6-10-14-24/h5-18H,4,19-21H2,1-3H3. The molecule has 3 aromatic carbocycles. The molecule has 1 heterocycles. The van der Waals surface area contributed by atoms with E-state index in [4.69, 9.17) is 18.6 Å². The minimum Gasteiger partial charge on any atom is -0.493 e. The first-order chi connectivity index (χ1) is 17.5. The van der Waals surface area contributed by atoms with E-state index in [2.05, 4.69) is 4.98 Å². The van der Waals surface area contributed by atoms with Crippen molar-refractivity contribution in [3.05, 3.63) is 102 Å². The number of carbonyl (C=O) groups excluding carboxylic acids is 1. The molecule has 1 aromatic heterocycles. The topological polar surface area (TPSA) is 70.8 Å². The summed E-state index contributed by atoms with van der Waals surface area (Å²) in [6.45, 7) is 6.20. The summed E-state index contributed by atoms with van der Waals surface area (Å²) in [7, 11) is 0. The Balaban J connectivity index is 1.36. The van der Waals surface area contributed by atoms with Gasteiger partial charge in [0.1, 0.15) is 17.3 Å². The van der Waals surface area contributed by atoms with Crippen LogP contribution in [0.25, 0.3) is 11.5 Å². The number of aryl methyl sites for hydroxylation is 1. The van der Waals surface area contributed by atoms with Crippen LogP contribution in [0.5, 0.6) is 11.5 Å². The molecule has 0 fully saturated rings. The molecule has 1 unspecified atom stereocenters. The zero-order valence-corrected chi connectivity index (χ0v) is 20.9. The monoisotopic (exact) mass is 485 g/mol. The zero-order valence-electron chi connectivity index (χ0n) is 20.9. The van der Waals surface area contributed by atoms with Crippen LogP contribution in [0.4, 0.5) is 0 Å². The van der Waals surface area contributed by atoms with Gasteiger partial charge in [0.25, 0.3) is 0 Å². The molecule has 0 aliphatic carbocycles. The maximum absolute atomic E-state index is 12.8. The van der Waals surface area contributed by atoms with Gasteiger partial charge in [0.15, 0.2) is 0 Å². The Bertz CT molecular complexity index is 1250. The van der Waals surface area contributed by atoms with Crippen LogP contribution in [0.3, 0.4) is 0 Å². The van der Waals surface area contributed by atoms with E-state index in [1.54, 1.807) is 26.0 Å². The molecule has 6 heteroatoms. The number of oxazole rings is 1. The van der Waals surface area contributed by atoms with Crippen molar-refractivity contribution in [2.45, 2.75) is 39.2 Å². The van der Waals surface area contributed by atoms with E-state index in [-0.39, 0.29) is 6.61 Å². The number of rotatable bonds is 11. The van der Waals surface area contributed by atoms with Crippen molar-refractivity contribution in [2.24, 2.45) is 0 Å². The van der Waals surface area contributed by atoms with Gasteiger partial charge in [-0.3, -0.25) is 0 Å². The lowest BCUT2D eigenvalue weighted by Gasteiger charge is -2.28. The van der Waals surface area contributed by atoms with Gasteiger partial charge in [-0.25, -0.2) is 9.78 Å². The molecular formula is C30H31NO5. The zero-order chi connectivity index (χ0) is 25.4. The molecule has 0 spiro atoms. The maximum atomic E-state index is 12.8. The predicted octanol–water partition coefficient (Wildman–Crippen LogP) is 6.21. The fourth-order valence-electron chi connectivity index (χ4n) is 3.91. The van der Waals surface area contributed by atoms with Crippen molar-refractivity contribution in [3.63, 3.8) is 0 Å². The summed E-state index contributed by atoms with van der Waals surface area (Å²) in [4.78, 5) is 17.4. The van der Waals surface area contributed by atoms with Gasteiger partial charge < -0.3 is 18.6 Å². The Morgan fingerprint density at radius 3 is 2.22 bits per heavy atom. The summed E-state index contributed by atoms with van der Waals surface area (Å²) < 4.78 is 23.2. The molecule has 0 aliphatic rings. The van der Waals surface area contributed by atoms with Crippen molar-refractivity contribution in [3.8, 4) is 23.0 Å². The van der Waals surface area contributed by atoms with E-state index < -0.39 is 11.6 Å². The number of hydrogen-bond donors (Lipinski definition) is 0. The Morgan fingerprint density at radius 1 is 0.917 bits per heavy atom. The number of benzene rings is 3. The van der Waals surface area contributed by atoms with Gasteiger partial charge in [-0.05, 0) is 62.7 Å². The molecular weight excluding hydrogens is 454 g/mol. The van der Waals surface area contributed by atoms with Crippen molar-refractivity contribution in [1.82, 2.24) is 4.98 Å². The van der Waals surface area contributed by atoms with Gasteiger partial charge in [-0.1, -0.05) is 48.5 Å². The number of nitrogens with zero attached hydrogens (tertiary/aromatic N) is 1. The molecule has 0 saturated carbocycles. The summed E-state index contributed by atoms with van der Waals surface area (Å²) in [5, 5.41) is 0. The third-order valence-corrected chi connectivity index (χ3v) is 5.78. The average molecular weight is 486 g/mol. The highest BCUT2D eigenvalue weighted by molar-refractivity contribution is 5.80. The van der Waals surface area contributed by atoms with E-state index in [0.717, 1.165) is 22.6 Å². The number of aromatic nitrogens is 1. The van der Waals surface area contributed by atoms with E-state index in [1.165, 1.54) is 0 Å². The highest BCUT2D eigenvalue weighted by Crippen LogP contribution is 2.27. The molecule has 0 N–H and O–H groups in total. The van der Waals surface area contributed by atoms with Gasteiger partial charge in [-0.2, -0.15) is 0 Å². The van der Waals surface area contributed by atoms with Crippen LogP contribution in [0, 0.1) is 6.92 Å². The lowest BCUT2D eigenvalue weighted by Crippen LogP contribution is -2.45. The number of carbonyl (C=O) groups is 1. The second kappa shape index (κ2) is 11.6. The highest BCUT2D eigenvalue weighted by atomic mass is 16.6. The predicted molar refractivity (Wildman–Crippen MR) is 138 cm³/mol. The van der Waals surface area contributed by atoms with E-state index >= 15 is 0 Å². The van der Waals surface area contributed by atoms with Crippen molar-refractivity contribution in [1.29, 1.82) is 0 Å². The van der Waals surface area contributed by atoms with Crippen LogP contribution < -0.4 is 9.47 Å². The van der Waals surface area contributed by atoms with Crippen LogP contribution in [0.1, 0.15) is 30.9 Å². The fourth-order valence-corrected chi connectivity index (χ4v) is 3.91. The van der Waals surface area contributed by atoms with Crippen molar-refractivity contribution >= 4 is 5.97 Å². The molecule has 0 amide bonds. The van der Waals surface area contributed by atoms with Gasteiger partial charge in [0.05, 0.1) is 18.9 Å². The summed E-state index contributed by atoms with van der Waals surface area (Å²) in [5.74, 6) is 2.27. The lowest BCUT2D eigenvalue weighted by molar-refractivity contribution is -0.160. The molecule has 36 heavy (non-hydrogen) atoms. The second-order valence-corrected chi connectivity index (χ2v) is 8.67. The Morgan fingerprint density at radius 2 is 1.56 bits per heavy atom. The van der Waals surface area contributed by atoms with Crippen LogP contribution in [-0.4, -0.2) is 29.8 Å². The lowest BCUT2D eigenvalue weighted by atomic mass is 9.96. The summed E-state index contributed by atoms with van der Waals surface area (Å²) in [5.41, 5.74) is 1.66. The van der Waals surface area contributed by atoms with Gasteiger partial charge in [0.2, 0.25) is 11.5 Å². The first kappa shape index (κ1) is 25.0. The van der Waals surface area contributed by atoms with Crippen LogP contribution >= 0.6 is 0 Å². The second-order valence-electron chi connectivity index (χ2n) is 8.67. The first-order valence-corrected chi connectivity index (χ1v) is 12.1. The molecule has 0 aliphatic heterocycles. The maximum Gasteiger partial charge on any atom is 0.350 e. The SMILES string of the molecule is CCOC(=O)C(C)(Cc1ccccc1)Oc1ccc(OCCc2nc(-c3ccccc3)oc2C)cc1. The number of esters is 1. The normalized spacial score (nSPS) is 12.5. The Hall–Kier alpha value is -4.06.